The van der Waals surface area contributed by atoms with Crippen molar-refractivity contribution in [2.24, 2.45) is 5.10 Å². The predicted octanol–water partition coefficient (Wildman–Crippen LogP) is 4.89. The lowest BCUT2D eigenvalue weighted by Gasteiger charge is -2.10. The van der Waals surface area contributed by atoms with Crippen LogP contribution in [0.25, 0.3) is 17.4 Å². The zero-order valence-electron chi connectivity index (χ0n) is 14.0. The number of hydrazone groups is 1. The molecule has 0 aliphatic carbocycles. The smallest absolute Gasteiger partial charge is 0.280 e. The van der Waals surface area contributed by atoms with Crippen molar-refractivity contribution in [1.29, 1.82) is 0 Å². The summed E-state index contributed by atoms with van der Waals surface area (Å²) in [5.74, 6) is 0.300. The fraction of sp³-hybridized carbons (Fsp3) is 0.0476. The van der Waals surface area contributed by atoms with Crippen LogP contribution in [0, 0.1) is 5.82 Å². The fourth-order valence-corrected chi connectivity index (χ4v) is 2.81. The largest absolute Gasteiger partial charge is 0.457 e. The number of nitrogens with zero attached hydrogens (tertiary/aromatic N) is 2. The zero-order valence-corrected chi connectivity index (χ0v) is 14.0. The highest BCUT2D eigenvalue weighted by atomic mass is 19.1. The van der Waals surface area contributed by atoms with Gasteiger partial charge in [-0.2, -0.15) is 10.1 Å². The van der Waals surface area contributed by atoms with Crippen LogP contribution in [0.3, 0.4) is 0 Å². The number of amides is 1. The molecule has 0 bridgehead atoms. The summed E-state index contributed by atoms with van der Waals surface area (Å²) in [6.45, 7) is 1.77. The van der Waals surface area contributed by atoms with E-state index >= 15 is 0 Å². The lowest BCUT2D eigenvalue weighted by molar-refractivity contribution is -0.114. The Morgan fingerprint density at radius 2 is 1.73 bits per heavy atom. The molecule has 0 N–H and O–H groups in total. The highest BCUT2D eigenvalue weighted by Gasteiger charge is 2.28. The minimum absolute atomic E-state index is 0.224. The van der Waals surface area contributed by atoms with E-state index in [4.69, 9.17) is 4.42 Å². The van der Waals surface area contributed by atoms with E-state index in [2.05, 4.69) is 5.10 Å². The maximum absolute atomic E-state index is 13.9. The third kappa shape index (κ3) is 2.84. The van der Waals surface area contributed by atoms with Crippen molar-refractivity contribution in [3.63, 3.8) is 0 Å². The average Bonchev–Trinajstić information content (AvgIpc) is 3.23. The van der Waals surface area contributed by atoms with Gasteiger partial charge in [-0.3, -0.25) is 4.79 Å². The van der Waals surface area contributed by atoms with Gasteiger partial charge in [0.2, 0.25) is 0 Å². The number of rotatable bonds is 3. The first-order chi connectivity index (χ1) is 12.6. The molecular weight excluding hydrogens is 331 g/mol. The Morgan fingerprint density at radius 3 is 2.50 bits per heavy atom. The monoisotopic (exact) mass is 346 g/mol. The number of hydrogen-bond donors (Lipinski definition) is 0. The maximum atomic E-state index is 13.9. The van der Waals surface area contributed by atoms with E-state index in [0.717, 1.165) is 0 Å². The van der Waals surface area contributed by atoms with Gasteiger partial charge in [0.05, 0.1) is 22.5 Å². The van der Waals surface area contributed by atoms with Gasteiger partial charge in [0, 0.05) is 0 Å². The molecule has 3 aromatic rings. The summed E-state index contributed by atoms with van der Waals surface area (Å²) in [6, 6.07) is 19.0. The quantitative estimate of drug-likeness (QED) is 0.634. The van der Waals surface area contributed by atoms with Crippen LogP contribution in [0.2, 0.25) is 0 Å². The highest BCUT2D eigenvalue weighted by molar-refractivity contribution is 6.32. The van der Waals surface area contributed by atoms with Crippen LogP contribution in [0.15, 0.2) is 81.8 Å². The Hall–Kier alpha value is -3.47. The van der Waals surface area contributed by atoms with Crippen molar-refractivity contribution in [2.45, 2.75) is 6.92 Å². The lowest BCUT2D eigenvalue weighted by atomic mass is 10.1. The molecule has 1 aliphatic heterocycles. The molecule has 4 rings (SSSR count). The topological polar surface area (TPSA) is 45.8 Å². The SMILES string of the molecule is CC1=NN(c2ccccc2)C(=O)/C1=C/c1ccc(-c2ccccc2F)o1. The maximum Gasteiger partial charge on any atom is 0.280 e. The van der Waals surface area contributed by atoms with Gasteiger partial charge in [0.15, 0.2) is 0 Å². The Morgan fingerprint density at radius 1 is 1.00 bits per heavy atom. The number of furan rings is 1. The molecule has 5 heteroatoms. The number of para-hydroxylation sites is 1. The first-order valence-electron chi connectivity index (χ1n) is 8.15. The van der Waals surface area contributed by atoms with E-state index in [1.165, 1.54) is 11.1 Å². The highest BCUT2D eigenvalue weighted by Crippen LogP contribution is 2.28. The summed E-state index contributed by atoms with van der Waals surface area (Å²) in [5.41, 5.74) is 2.13. The molecule has 0 unspecified atom stereocenters. The minimum atomic E-state index is -0.356. The standard InChI is InChI=1S/C21H15FN2O2/c1-14-18(21(25)24(23-14)15-7-3-2-4-8-15)13-16-11-12-20(26-16)17-9-5-6-10-19(17)22/h2-13H,1H3/b18-13+. The summed E-state index contributed by atoms with van der Waals surface area (Å²) in [7, 11) is 0. The number of carbonyl (C=O) groups excluding carboxylic acids is 1. The van der Waals surface area contributed by atoms with Gasteiger partial charge in [-0.15, -0.1) is 0 Å². The molecule has 1 aliphatic rings. The van der Waals surface area contributed by atoms with E-state index in [9.17, 15) is 9.18 Å². The van der Waals surface area contributed by atoms with Gasteiger partial charge < -0.3 is 4.42 Å². The van der Waals surface area contributed by atoms with Gasteiger partial charge in [0.25, 0.3) is 5.91 Å². The van der Waals surface area contributed by atoms with Gasteiger partial charge >= 0.3 is 0 Å². The van der Waals surface area contributed by atoms with Crippen LogP contribution in [0.5, 0.6) is 0 Å². The molecule has 128 valence electrons. The number of anilines is 1. The van der Waals surface area contributed by atoms with Gasteiger partial charge in [-0.1, -0.05) is 30.3 Å². The van der Waals surface area contributed by atoms with Gasteiger partial charge in [-0.05, 0) is 49.4 Å². The molecule has 0 spiro atoms. The number of hydrogen-bond acceptors (Lipinski definition) is 3. The second-order valence-electron chi connectivity index (χ2n) is 5.88. The Balaban J connectivity index is 1.65. The number of carbonyl (C=O) groups is 1. The zero-order chi connectivity index (χ0) is 18.1. The van der Waals surface area contributed by atoms with Crippen molar-refractivity contribution in [1.82, 2.24) is 0 Å². The first-order valence-corrected chi connectivity index (χ1v) is 8.15. The number of halogens is 1. The molecule has 0 saturated heterocycles. The van der Waals surface area contributed by atoms with Gasteiger partial charge in [-0.25, -0.2) is 4.39 Å². The van der Waals surface area contributed by atoms with Crippen molar-refractivity contribution >= 4 is 23.4 Å². The molecule has 0 fully saturated rings. The third-order valence-electron chi connectivity index (χ3n) is 4.12. The Kier molecular flexibility index (Phi) is 3.97. The van der Waals surface area contributed by atoms with Crippen molar-refractivity contribution in [3.8, 4) is 11.3 Å². The van der Waals surface area contributed by atoms with Crippen LogP contribution < -0.4 is 5.01 Å². The van der Waals surface area contributed by atoms with Crippen LogP contribution in [-0.2, 0) is 4.79 Å². The fourth-order valence-electron chi connectivity index (χ4n) is 2.81. The minimum Gasteiger partial charge on any atom is -0.457 e. The predicted molar refractivity (Wildman–Crippen MR) is 99.1 cm³/mol. The van der Waals surface area contributed by atoms with Crippen LogP contribution in [-0.4, -0.2) is 11.6 Å². The third-order valence-corrected chi connectivity index (χ3v) is 4.12. The second-order valence-corrected chi connectivity index (χ2v) is 5.88. The molecule has 0 saturated carbocycles. The van der Waals surface area contributed by atoms with Crippen LogP contribution >= 0.6 is 0 Å². The Labute approximate surface area is 149 Å². The Bertz CT molecular complexity index is 1030. The van der Waals surface area contributed by atoms with Crippen molar-refractivity contribution in [3.05, 3.63) is 83.9 Å². The molecule has 4 nitrogen and oxygen atoms in total. The molecule has 0 radical (unpaired) electrons. The van der Waals surface area contributed by atoms with Crippen molar-refractivity contribution < 1.29 is 13.6 Å². The van der Waals surface area contributed by atoms with E-state index in [-0.39, 0.29) is 11.7 Å². The average molecular weight is 346 g/mol. The van der Waals surface area contributed by atoms with E-state index in [1.807, 2.05) is 30.3 Å². The van der Waals surface area contributed by atoms with Crippen LogP contribution in [0.4, 0.5) is 10.1 Å². The molecule has 2 aromatic carbocycles. The summed E-state index contributed by atoms with van der Waals surface area (Å²) in [5, 5.41) is 5.69. The summed E-state index contributed by atoms with van der Waals surface area (Å²) >= 11 is 0. The number of benzene rings is 2. The first kappa shape index (κ1) is 16.0. The van der Waals surface area contributed by atoms with E-state index in [0.29, 0.717) is 34.1 Å². The van der Waals surface area contributed by atoms with Gasteiger partial charge in [0.1, 0.15) is 17.3 Å². The molecule has 0 atom stereocenters. The van der Waals surface area contributed by atoms with E-state index in [1.54, 1.807) is 43.3 Å². The summed E-state index contributed by atoms with van der Waals surface area (Å²) in [6.07, 6.45) is 1.63. The van der Waals surface area contributed by atoms with E-state index < -0.39 is 0 Å². The molecule has 26 heavy (non-hydrogen) atoms. The van der Waals surface area contributed by atoms with Crippen LogP contribution in [0.1, 0.15) is 12.7 Å². The van der Waals surface area contributed by atoms with Crippen molar-refractivity contribution in [2.75, 3.05) is 5.01 Å². The second kappa shape index (κ2) is 6.44. The molecular formula is C21H15FN2O2. The normalized spacial score (nSPS) is 15.6. The summed E-state index contributed by atoms with van der Waals surface area (Å²) < 4.78 is 19.6. The lowest BCUT2D eigenvalue weighted by Crippen LogP contribution is -2.21. The molecule has 1 amide bonds. The summed E-state index contributed by atoms with van der Waals surface area (Å²) in [4.78, 5) is 12.7. The molecule has 2 heterocycles. The molecule has 1 aromatic heterocycles.